The van der Waals surface area contributed by atoms with Crippen LogP contribution in [0.3, 0.4) is 0 Å². The Morgan fingerprint density at radius 1 is 1.33 bits per heavy atom. The summed E-state index contributed by atoms with van der Waals surface area (Å²) in [6.07, 6.45) is 1.62. The molecule has 104 valence electrons. The van der Waals surface area contributed by atoms with Gasteiger partial charge in [-0.3, -0.25) is 0 Å². The molecule has 1 aromatic rings. The molecule has 0 unspecified atom stereocenters. The molecule has 0 aromatic carbocycles. The molecule has 0 N–H and O–H groups in total. The average Bonchev–Trinajstić information content (AvgIpc) is 2.71. The predicted molar refractivity (Wildman–Crippen MR) is 80.9 cm³/mol. The molecule has 0 spiro atoms. The molecule has 7 heteroatoms. The fourth-order valence-electron chi connectivity index (χ4n) is 1.63. The van der Waals surface area contributed by atoms with Crippen LogP contribution >= 0.6 is 38.9 Å². The van der Waals surface area contributed by atoms with E-state index >= 15 is 0 Å². The standard InChI is InChI=1S/C11H17BrClNO2S2/c1-3-5-14(6-4-2)18(15,16)10-7-9(8-13)17-11(10)12/h7H,3-6,8H2,1-2H3. The Hall–Kier alpha value is 0.380. The molecule has 0 saturated heterocycles. The quantitative estimate of drug-likeness (QED) is 0.675. The van der Waals surface area contributed by atoms with Crippen molar-refractivity contribution in [2.75, 3.05) is 13.1 Å². The Bertz CT molecular complexity index is 481. The highest BCUT2D eigenvalue weighted by Gasteiger charge is 2.27. The molecule has 1 aromatic heterocycles. The van der Waals surface area contributed by atoms with Gasteiger partial charge in [-0.25, -0.2) is 8.42 Å². The average molecular weight is 375 g/mol. The molecule has 0 radical (unpaired) electrons. The van der Waals surface area contributed by atoms with E-state index in [4.69, 9.17) is 11.6 Å². The summed E-state index contributed by atoms with van der Waals surface area (Å²) in [5.41, 5.74) is 0. The minimum atomic E-state index is -3.41. The molecule has 0 saturated carbocycles. The minimum absolute atomic E-state index is 0.334. The first-order valence-electron chi connectivity index (χ1n) is 5.81. The lowest BCUT2D eigenvalue weighted by molar-refractivity contribution is 0.410. The summed E-state index contributed by atoms with van der Waals surface area (Å²) >= 11 is 10.4. The van der Waals surface area contributed by atoms with Crippen molar-refractivity contribution >= 4 is 48.9 Å². The summed E-state index contributed by atoms with van der Waals surface area (Å²) in [6, 6.07) is 1.66. The monoisotopic (exact) mass is 373 g/mol. The molecule has 1 rings (SSSR count). The number of hydrogen-bond donors (Lipinski definition) is 0. The van der Waals surface area contributed by atoms with Crippen molar-refractivity contribution in [3.8, 4) is 0 Å². The number of hydrogen-bond acceptors (Lipinski definition) is 3. The lowest BCUT2D eigenvalue weighted by Crippen LogP contribution is -2.32. The molecule has 0 aliphatic carbocycles. The highest BCUT2D eigenvalue weighted by Crippen LogP contribution is 2.34. The van der Waals surface area contributed by atoms with Crippen LogP contribution in [0.15, 0.2) is 14.7 Å². The SMILES string of the molecule is CCCN(CCC)S(=O)(=O)c1cc(CCl)sc1Br. The third-order valence-electron chi connectivity index (χ3n) is 2.40. The molecule has 3 nitrogen and oxygen atoms in total. The van der Waals surface area contributed by atoms with E-state index < -0.39 is 10.0 Å². The lowest BCUT2D eigenvalue weighted by Gasteiger charge is -2.20. The van der Waals surface area contributed by atoms with Crippen LogP contribution < -0.4 is 0 Å². The minimum Gasteiger partial charge on any atom is -0.207 e. The Kier molecular flexibility index (Phi) is 6.61. The van der Waals surface area contributed by atoms with Crippen molar-refractivity contribution in [1.82, 2.24) is 4.31 Å². The van der Waals surface area contributed by atoms with Crippen molar-refractivity contribution in [2.24, 2.45) is 0 Å². The number of thiophene rings is 1. The number of nitrogens with zero attached hydrogens (tertiary/aromatic N) is 1. The normalized spacial score (nSPS) is 12.3. The van der Waals surface area contributed by atoms with Crippen molar-refractivity contribution in [1.29, 1.82) is 0 Å². The van der Waals surface area contributed by atoms with Crippen LogP contribution in [-0.2, 0) is 15.9 Å². The third-order valence-corrected chi connectivity index (χ3v) is 7.00. The molecule has 0 amide bonds. The number of halogens is 2. The van der Waals surface area contributed by atoms with Gasteiger partial charge in [0.25, 0.3) is 0 Å². The summed E-state index contributed by atoms with van der Waals surface area (Å²) in [5.74, 6) is 0.334. The zero-order valence-electron chi connectivity index (χ0n) is 10.4. The highest BCUT2D eigenvalue weighted by molar-refractivity contribution is 9.11. The van der Waals surface area contributed by atoms with Crippen molar-refractivity contribution in [3.05, 3.63) is 14.7 Å². The van der Waals surface area contributed by atoms with Gasteiger partial charge in [0.05, 0.1) is 9.67 Å². The second-order valence-corrected chi connectivity index (χ2v) is 8.52. The van der Waals surface area contributed by atoms with Crippen LogP contribution in [-0.4, -0.2) is 25.8 Å². The fraction of sp³-hybridized carbons (Fsp3) is 0.636. The first-order chi connectivity index (χ1) is 8.47. The van der Waals surface area contributed by atoms with E-state index in [9.17, 15) is 8.42 Å². The van der Waals surface area contributed by atoms with Crippen LogP contribution in [0.25, 0.3) is 0 Å². The summed E-state index contributed by atoms with van der Waals surface area (Å²) in [5, 5.41) is 0. The van der Waals surface area contributed by atoms with Gasteiger partial charge in [-0.05, 0) is 34.8 Å². The molecular weight excluding hydrogens is 358 g/mol. The van der Waals surface area contributed by atoms with Gasteiger partial charge >= 0.3 is 0 Å². The summed E-state index contributed by atoms with van der Waals surface area (Å²) in [7, 11) is -3.41. The van der Waals surface area contributed by atoms with Gasteiger partial charge in [-0.15, -0.1) is 22.9 Å². The van der Waals surface area contributed by atoms with Gasteiger partial charge in [-0.2, -0.15) is 4.31 Å². The highest BCUT2D eigenvalue weighted by atomic mass is 79.9. The van der Waals surface area contributed by atoms with Crippen LogP contribution in [0.5, 0.6) is 0 Å². The second-order valence-electron chi connectivity index (χ2n) is 3.89. The van der Waals surface area contributed by atoms with Crippen molar-refractivity contribution < 1.29 is 8.42 Å². The van der Waals surface area contributed by atoms with Gasteiger partial charge in [0, 0.05) is 18.0 Å². The van der Waals surface area contributed by atoms with E-state index in [1.54, 1.807) is 6.07 Å². The van der Waals surface area contributed by atoms with E-state index in [2.05, 4.69) is 15.9 Å². The maximum atomic E-state index is 12.5. The van der Waals surface area contributed by atoms with E-state index in [0.29, 0.717) is 27.7 Å². The predicted octanol–water partition coefficient (Wildman–Crippen LogP) is 4.06. The van der Waals surface area contributed by atoms with E-state index in [1.165, 1.54) is 15.6 Å². The van der Waals surface area contributed by atoms with Crippen LogP contribution in [0, 0.1) is 0 Å². The molecular formula is C11H17BrClNO2S2. The van der Waals surface area contributed by atoms with Gasteiger partial charge in [0.2, 0.25) is 10.0 Å². The largest absolute Gasteiger partial charge is 0.245 e. The maximum absolute atomic E-state index is 12.5. The molecule has 0 fully saturated rings. The fourth-order valence-corrected chi connectivity index (χ4v) is 5.98. The first-order valence-corrected chi connectivity index (χ1v) is 9.40. The lowest BCUT2D eigenvalue weighted by atomic mass is 10.4. The Balaban J connectivity index is 3.12. The van der Waals surface area contributed by atoms with E-state index in [-0.39, 0.29) is 0 Å². The Morgan fingerprint density at radius 2 is 1.89 bits per heavy atom. The molecule has 1 heterocycles. The second kappa shape index (κ2) is 7.24. The van der Waals surface area contributed by atoms with Gasteiger partial charge in [-0.1, -0.05) is 13.8 Å². The van der Waals surface area contributed by atoms with Crippen LogP contribution in [0.1, 0.15) is 31.6 Å². The smallest absolute Gasteiger partial charge is 0.207 e. The molecule has 18 heavy (non-hydrogen) atoms. The van der Waals surface area contributed by atoms with E-state index in [1.807, 2.05) is 13.8 Å². The zero-order valence-corrected chi connectivity index (χ0v) is 14.4. The summed E-state index contributed by atoms with van der Waals surface area (Å²) in [6.45, 7) is 5.05. The summed E-state index contributed by atoms with van der Waals surface area (Å²) < 4.78 is 27.2. The molecule has 0 atom stereocenters. The Labute approximate surface area is 126 Å². The maximum Gasteiger partial charge on any atom is 0.245 e. The molecule has 0 bridgehead atoms. The third kappa shape index (κ3) is 3.70. The summed E-state index contributed by atoms with van der Waals surface area (Å²) in [4.78, 5) is 1.19. The number of alkyl halides is 1. The van der Waals surface area contributed by atoms with Gasteiger partial charge in [0.1, 0.15) is 4.90 Å². The number of rotatable bonds is 7. The van der Waals surface area contributed by atoms with Crippen molar-refractivity contribution in [2.45, 2.75) is 37.5 Å². The van der Waals surface area contributed by atoms with Gasteiger partial charge in [0.15, 0.2) is 0 Å². The Morgan fingerprint density at radius 3 is 2.28 bits per heavy atom. The van der Waals surface area contributed by atoms with Crippen LogP contribution in [0.2, 0.25) is 0 Å². The zero-order chi connectivity index (χ0) is 13.8. The first kappa shape index (κ1) is 16.4. The van der Waals surface area contributed by atoms with Gasteiger partial charge < -0.3 is 0 Å². The van der Waals surface area contributed by atoms with Crippen LogP contribution in [0.4, 0.5) is 0 Å². The molecule has 0 aliphatic heterocycles. The van der Waals surface area contributed by atoms with Crippen molar-refractivity contribution in [3.63, 3.8) is 0 Å². The van der Waals surface area contributed by atoms with E-state index in [0.717, 1.165) is 17.7 Å². The topological polar surface area (TPSA) is 37.4 Å². The number of sulfonamides is 1. The molecule has 0 aliphatic rings.